The molecule has 0 radical (unpaired) electrons. The molecule has 0 unspecified atom stereocenters. The van der Waals surface area contributed by atoms with Crippen molar-refractivity contribution in [2.45, 2.75) is 6.42 Å². The van der Waals surface area contributed by atoms with E-state index >= 15 is 0 Å². The summed E-state index contributed by atoms with van der Waals surface area (Å²) in [6, 6.07) is 3.14. The van der Waals surface area contributed by atoms with Crippen molar-refractivity contribution in [2.24, 2.45) is 0 Å². The van der Waals surface area contributed by atoms with Crippen molar-refractivity contribution in [1.82, 2.24) is 0 Å². The molecule has 13 heavy (non-hydrogen) atoms. The SMILES string of the molecule is O=C(O)Cc1c(Cl)cc(Cl)cc1Br. The van der Waals surface area contributed by atoms with Gasteiger partial charge in [-0.2, -0.15) is 0 Å². The Morgan fingerprint density at radius 2 is 2.08 bits per heavy atom. The highest BCUT2D eigenvalue weighted by atomic mass is 79.9. The summed E-state index contributed by atoms with van der Waals surface area (Å²) in [5, 5.41) is 9.41. The average molecular weight is 284 g/mol. The summed E-state index contributed by atoms with van der Waals surface area (Å²) in [6.45, 7) is 0. The number of hydrogen-bond donors (Lipinski definition) is 1. The highest BCUT2D eigenvalue weighted by molar-refractivity contribution is 9.10. The molecule has 0 atom stereocenters. The second-order valence-corrected chi connectivity index (χ2v) is 4.12. The first-order valence-electron chi connectivity index (χ1n) is 3.36. The molecule has 0 aliphatic rings. The lowest BCUT2D eigenvalue weighted by atomic mass is 10.1. The maximum Gasteiger partial charge on any atom is 0.307 e. The molecule has 5 heteroatoms. The van der Waals surface area contributed by atoms with Gasteiger partial charge in [-0.15, -0.1) is 0 Å². The highest BCUT2D eigenvalue weighted by Gasteiger charge is 2.10. The van der Waals surface area contributed by atoms with E-state index in [4.69, 9.17) is 28.3 Å². The van der Waals surface area contributed by atoms with Crippen LogP contribution in [0.2, 0.25) is 10.0 Å². The maximum absolute atomic E-state index is 10.4. The Labute approximate surface area is 93.6 Å². The van der Waals surface area contributed by atoms with Gasteiger partial charge in [-0.05, 0) is 17.7 Å². The van der Waals surface area contributed by atoms with Gasteiger partial charge in [0.05, 0.1) is 6.42 Å². The maximum atomic E-state index is 10.4. The minimum Gasteiger partial charge on any atom is -0.481 e. The van der Waals surface area contributed by atoms with E-state index in [1.165, 1.54) is 6.07 Å². The number of halogens is 3. The zero-order valence-corrected chi connectivity index (χ0v) is 9.45. The van der Waals surface area contributed by atoms with E-state index in [1.807, 2.05) is 0 Å². The van der Waals surface area contributed by atoms with Crippen LogP contribution in [-0.2, 0) is 11.2 Å². The third kappa shape index (κ3) is 2.86. The molecule has 0 saturated carbocycles. The summed E-state index contributed by atoms with van der Waals surface area (Å²) < 4.78 is 0.618. The fourth-order valence-electron chi connectivity index (χ4n) is 0.892. The Bertz CT molecular complexity index is 329. The molecule has 0 aliphatic carbocycles. The zero-order chi connectivity index (χ0) is 10.0. The third-order valence-electron chi connectivity index (χ3n) is 1.43. The van der Waals surface area contributed by atoms with Crippen LogP contribution in [0.1, 0.15) is 5.56 Å². The van der Waals surface area contributed by atoms with Gasteiger partial charge in [0.15, 0.2) is 0 Å². The molecule has 0 spiro atoms. The molecule has 1 aromatic rings. The first kappa shape index (κ1) is 10.8. The van der Waals surface area contributed by atoms with E-state index in [0.717, 1.165) is 0 Å². The fraction of sp³-hybridized carbons (Fsp3) is 0.125. The van der Waals surface area contributed by atoms with Crippen molar-refractivity contribution < 1.29 is 9.90 Å². The second kappa shape index (κ2) is 4.31. The van der Waals surface area contributed by atoms with Crippen molar-refractivity contribution in [3.05, 3.63) is 32.2 Å². The van der Waals surface area contributed by atoms with Crippen LogP contribution in [-0.4, -0.2) is 11.1 Å². The van der Waals surface area contributed by atoms with Crippen molar-refractivity contribution in [1.29, 1.82) is 0 Å². The Balaban J connectivity index is 3.13. The van der Waals surface area contributed by atoms with Crippen molar-refractivity contribution in [3.8, 4) is 0 Å². The van der Waals surface area contributed by atoms with Crippen LogP contribution in [0.4, 0.5) is 0 Å². The van der Waals surface area contributed by atoms with Crippen LogP contribution in [0.25, 0.3) is 0 Å². The minimum absolute atomic E-state index is 0.114. The van der Waals surface area contributed by atoms with Crippen LogP contribution in [0, 0.1) is 0 Å². The highest BCUT2D eigenvalue weighted by Crippen LogP contribution is 2.29. The normalized spacial score (nSPS) is 10.1. The van der Waals surface area contributed by atoms with Crippen LogP contribution in [0.3, 0.4) is 0 Å². The monoisotopic (exact) mass is 282 g/mol. The summed E-state index contributed by atoms with van der Waals surface area (Å²) in [5.74, 6) is -0.926. The van der Waals surface area contributed by atoms with Gasteiger partial charge in [-0.3, -0.25) is 4.79 Å². The van der Waals surface area contributed by atoms with E-state index in [0.29, 0.717) is 20.1 Å². The molecule has 1 N–H and O–H groups in total. The van der Waals surface area contributed by atoms with Crippen LogP contribution in [0.5, 0.6) is 0 Å². The van der Waals surface area contributed by atoms with Gasteiger partial charge in [-0.25, -0.2) is 0 Å². The van der Waals surface area contributed by atoms with Gasteiger partial charge >= 0.3 is 5.97 Å². The molecular weight excluding hydrogens is 279 g/mol. The minimum atomic E-state index is -0.926. The number of carboxylic acid groups (broad SMARTS) is 1. The smallest absolute Gasteiger partial charge is 0.307 e. The molecule has 0 fully saturated rings. The van der Waals surface area contributed by atoms with E-state index < -0.39 is 5.97 Å². The number of benzene rings is 1. The predicted octanol–water partition coefficient (Wildman–Crippen LogP) is 3.38. The lowest BCUT2D eigenvalue weighted by Gasteiger charge is -2.04. The topological polar surface area (TPSA) is 37.3 Å². The van der Waals surface area contributed by atoms with Gasteiger partial charge in [0, 0.05) is 14.5 Å². The fourth-order valence-corrected chi connectivity index (χ4v) is 2.30. The molecule has 2 nitrogen and oxygen atoms in total. The van der Waals surface area contributed by atoms with Crippen LogP contribution in [0.15, 0.2) is 16.6 Å². The van der Waals surface area contributed by atoms with Crippen molar-refractivity contribution in [2.75, 3.05) is 0 Å². The molecule has 0 bridgehead atoms. The van der Waals surface area contributed by atoms with Gasteiger partial charge < -0.3 is 5.11 Å². The third-order valence-corrected chi connectivity index (χ3v) is 2.70. The predicted molar refractivity (Wildman–Crippen MR) is 55.5 cm³/mol. The molecule has 1 aromatic carbocycles. The molecular formula is C8H5BrCl2O2. The van der Waals surface area contributed by atoms with Crippen LogP contribution >= 0.6 is 39.1 Å². The molecule has 1 rings (SSSR count). The lowest BCUT2D eigenvalue weighted by Crippen LogP contribution is -2.01. The molecule has 0 aliphatic heterocycles. The summed E-state index contributed by atoms with van der Waals surface area (Å²) in [4.78, 5) is 10.4. The quantitative estimate of drug-likeness (QED) is 0.903. The van der Waals surface area contributed by atoms with E-state index in [2.05, 4.69) is 15.9 Å². The number of hydrogen-bond acceptors (Lipinski definition) is 1. The summed E-state index contributed by atoms with van der Waals surface area (Å²) in [6.07, 6.45) is -0.114. The summed E-state index contributed by atoms with van der Waals surface area (Å²) in [5.41, 5.74) is 0.540. The molecule has 0 heterocycles. The van der Waals surface area contributed by atoms with E-state index in [9.17, 15) is 4.79 Å². The molecule has 0 aromatic heterocycles. The van der Waals surface area contributed by atoms with Gasteiger partial charge in [-0.1, -0.05) is 39.1 Å². The van der Waals surface area contributed by atoms with Crippen molar-refractivity contribution >= 4 is 45.1 Å². The van der Waals surface area contributed by atoms with E-state index in [1.54, 1.807) is 6.07 Å². The Kier molecular flexibility index (Phi) is 3.59. The van der Waals surface area contributed by atoms with Gasteiger partial charge in [0.25, 0.3) is 0 Å². The van der Waals surface area contributed by atoms with Gasteiger partial charge in [0.2, 0.25) is 0 Å². The first-order valence-corrected chi connectivity index (χ1v) is 4.91. The van der Waals surface area contributed by atoms with Crippen LogP contribution < -0.4 is 0 Å². The molecule has 70 valence electrons. The van der Waals surface area contributed by atoms with Gasteiger partial charge in [0.1, 0.15) is 0 Å². The lowest BCUT2D eigenvalue weighted by molar-refractivity contribution is -0.136. The molecule has 0 amide bonds. The Morgan fingerprint density at radius 3 is 2.54 bits per heavy atom. The number of rotatable bonds is 2. The van der Waals surface area contributed by atoms with E-state index in [-0.39, 0.29) is 6.42 Å². The Hall–Kier alpha value is -0.250. The standard InChI is InChI=1S/C8H5BrCl2O2/c9-6-1-4(10)2-7(11)5(6)3-8(12)13/h1-2H,3H2,(H,12,13). The second-order valence-electron chi connectivity index (χ2n) is 2.42. The number of carbonyl (C=O) groups is 1. The number of aliphatic carboxylic acids is 1. The van der Waals surface area contributed by atoms with Crippen molar-refractivity contribution in [3.63, 3.8) is 0 Å². The summed E-state index contributed by atoms with van der Waals surface area (Å²) in [7, 11) is 0. The largest absolute Gasteiger partial charge is 0.481 e. The average Bonchev–Trinajstić information content (AvgIpc) is 1.96. The molecule has 0 saturated heterocycles. The first-order chi connectivity index (χ1) is 6.00. The zero-order valence-electron chi connectivity index (χ0n) is 6.35. The summed E-state index contributed by atoms with van der Waals surface area (Å²) >= 11 is 14.7. The number of carboxylic acids is 1. The Morgan fingerprint density at radius 1 is 1.46 bits per heavy atom.